The number of fused-ring (bicyclic) bond motifs is 2. The fourth-order valence-corrected chi connectivity index (χ4v) is 11.6. The van der Waals surface area contributed by atoms with Crippen LogP contribution in [0.1, 0.15) is 157 Å². The molecule has 2 unspecified atom stereocenters. The Hall–Kier alpha value is -4.56. The average Bonchev–Trinajstić information content (AvgIpc) is 3.31. The van der Waals surface area contributed by atoms with Gasteiger partial charge in [-0.25, -0.2) is 0 Å². The molecule has 14 heteroatoms. The molecule has 4 aromatic carbocycles. The number of carbonyl (C=O) groups excluding carboxylic acids is 1. The van der Waals surface area contributed by atoms with Gasteiger partial charge in [0.15, 0.2) is 0 Å². The van der Waals surface area contributed by atoms with Gasteiger partial charge in [-0.2, -0.15) is 26.3 Å². The second kappa shape index (κ2) is 24.4. The maximum atomic E-state index is 14.2. The number of aliphatic carboxylic acids is 1. The molecule has 73 heavy (non-hydrogen) atoms. The fourth-order valence-electron chi connectivity index (χ4n) is 11.6. The molecule has 4 aliphatic rings. The molecule has 1 N–H and O–H groups in total. The van der Waals surface area contributed by atoms with Crippen molar-refractivity contribution in [1.82, 2.24) is 9.80 Å². The van der Waals surface area contributed by atoms with Crippen molar-refractivity contribution in [3.05, 3.63) is 83.9 Å². The van der Waals surface area contributed by atoms with E-state index in [1.807, 2.05) is 36.4 Å². The number of piperidine rings is 2. The van der Waals surface area contributed by atoms with Crippen molar-refractivity contribution in [3.8, 4) is 11.5 Å². The summed E-state index contributed by atoms with van der Waals surface area (Å²) in [6.45, 7) is 14.4. The molecular formula is C59H82F6N2O6. The minimum Gasteiger partial charge on any atom is -0.490 e. The predicted octanol–water partition coefficient (Wildman–Crippen LogP) is 15.8. The van der Waals surface area contributed by atoms with Crippen LogP contribution in [0.15, 0.2) is 72.8 Å². The van der Waals surface area contributed by atoms with Gasteiger partial charge in [0.25, 0.3) is 0 Å². The van der Waals surface area contributed by atoms with E-state index >= 15 is 0 Å². The summed E-state index contributed by atoms with van der Waals surface area (Å²) in [6.07, 6.45) is 1.38. The maximum Gasteiger partial charge on any atom is 0.408 e. The molecule has 2 saturated heterocycles. The third-order valence-corrected chi connectivity index (χ3v) is 16.0. The first-order valence-electron chi connectivity index (χ1n) is 25.7. The highest BCUT2D eigenvalue weighted by atomic mass is 19.4. The van der Waals surface area contributed by atoms with Gasteiger partial charge in [0.1, 0.15) is 23.6 Å². The van der Waals surface area contributed by atoms with Gasteiger partial charge in [0, 0.05) is 0 Å². The number of hydrogen-bond donors (Lipinski definition) is 1. The second-order valence-corrected chi connectivity index (χ2v) is 22.8. The molecule has 406 valence electrons. The molecular weight excluding hydrogens is 947 g/mol. The Labute approximate surface area is 430 Å². The molecule has 0 radical (unpaired) electrons. The number of carboxylic acids is 1. The Morgan fingerprint density at radius 3 is 1.15 bits per heavy atom. The standard InChI is InChI=1S/C29H38F3NO3.C28H36F3NO3.2CH4/c1-28(2,3)23-8-11-24(12-9-23)36-25-10-7-20-17-22(6-5-21(20)18-25)26(29(30,31)32)33-15-13-19(14-16-33)27(34)35-4;1-27(2,3)22-7-10-23(11-8-22)35-24-9-6-19-16-21(5-4-20(19)17-24)25(28(29,30)31)32-14-12-18(13-15-32)26(33)34;;/h5-7,10,17-19,23-24,26H,8-9,11-16H2,1-4H3;4-6,9,16-18,22-23,25H,7-8,10-15H2,1-3H3,(H,33,34);2*1H4. The predicted molar refractivity (Wildman–Crippen MR) is 279 cm³/mol. The van der Waals surface area contributed by atoms with E-state index in [1.54, 1.807) is 36.4 Å². The Morgan fingerprint density at radius 1 is 0.507 bits per heavy atom. The third-order valence-electron chi connectivity index (χ3n) is 16.0. The molecule has 4 fully saturated rings. The van der Waals surface area contributed by atoms with Crippen molar-refractivity contribution >= 4 is 33.5 Å². The lowest BCUT2D eigenvalue weighted by Crippen LogP contribution is -2.44. The normalized spacial score (nSPS) is 23.0. The number of likely N-dealkylation sites (tertiary alicyclic amines) is 2. The quantitative estimate of drug-likeness (QED) is 0.124. The van der Waals surface area contributed by atoms with Gasteiger partial charge in [-0.1, -0.05) is 92.8 Å². The number of hydrogen-bond acceptors (Lipinski definition) is 7. The van der Waals surface area contributed by atoms with Crippen molar-refractivity contribution in [2.45, 2.75) is 170 Å². The molecule has 2 aliphatic carbocycles. The smallest absolute Gasteiger partial charge is 0.408 e. The van der Waals surface area contributed by atoms with Gasteiger partial charge in [0.2, 0.25) is 0 Å². The van der Waals surface area contributed by atoms with E-state index in [2.05, 4.69) is 41.5 Å². The molecule has 0 amide bonds. The summed E-state index contributed by atoms with van der Waals surface area (Å²) < 4.78 is 102. The first-order chi connectivity index (χ1) is 33.4. The Balaban J connectivity index is 0.000000264. The van der Waals surface area contributed by atoms with Gasteiger partial charge in [-0.3, -0.25) is 19.4 Å². The number of carboxylic acid groups (broad SMARTS) is 1. The van der Waals surface area contributed by atoms with Crippen molar-refractivity contribution in [1.29, 1.82) is 0 Å². The molecule has 0 bridgehead atoms. The zero-order valence-corrected chi connectivity index (χ0v) is 42.5. The Kier molecular flexibility index (Phi) is 19.8. The van der Waals surface area contributed by atoms with Crippen LogP contribution in [-0.4, -0.2) is 84.7 Å². The van der Waals surface area contributed by atoms with Crippen molar-refractivity contribution < 1.29 is 55.2 Å². The number of ether oxygens (including phenoxy) is 3. The topological polar surface area (TPSA) is 88.5 Å². The lowest BCUT2D eigenvalue weighted by molar-refractivity contribution is -0.191. The molecule has 2 heterocycles. The van der Waals surface area contributed by atoms with Gasteiger partial charge < -0.3 is 19.3 Å². The van der Waals surface area contributed by atoms with E-state index < -0.39 is 36.3 Å². The van der Waals surface area contributed by atoms with Crippen LogP contribution in [0.4, 0.5) is 26.3 Å². The van der Waals surface area contributed by atoms with Gasteiger partial charge in [0.05, 0.1) is 31.2 Å². The lowest BCUT2D eigenvalue weighted by Gasteiger charge is -2.38. The molecule has 0 spiro atoms. The monoisotopic (exact) mass is 1030 g/mol. The number of halogens is 6. The van der Waals surface area contributed by atoms with E-state index in [-0.39, 0.29) is 89.1 Å². The van der Waals surface area contributed by atoms with E-state index in [9.17, 15) is 41.0 Å². The average molecular weight is 1030 g/mol. The molecule has 2 aliphatic heterocycles. The zero-order valence-electron chi connectivity index (χ0n) is 42.5. The van der Waals surface area contributed by atoms with Crippen LogP contribution in [-0.2, 0) is 14.3 Å². The summed E-state index contributed by atoms with van der Waals surface area (Å²) in [5.41, 5.74) is 1.04. The van der Waals surface area contributed by atoms with Crippen LogP contribution in [0, 0.1) is 34.5 Å². The number of rotatable bonds is 10. The van der Waals surface area contributed by atoms with E-state index in [1.165, 1.54) is 16.9 Å². The SMILES string of the molecule is C.C.CC(C)(C)C1CCC(Oc2ccc3cc(C(N4CCC(C(=O)O)CC4)C(F)(F)F)ccc3c2)CC1.COC(=O)C1CCN(C(c2ccc3cc(OC4CCC(C(C)(C)C)CC4)ccc3c2)C(F)(F)F)CC1. The zero-order chi connectivity index (χ0) is 51.5. The van der Waals surface area contributed by atoms with Crippen molar-refractivity contribution in [2.75, 3.05) is 33.3 Å². The highest BCUT2D eigenvalue weighted by molar-refractivity contribution is 5.85. The van der Waals surface area contributed by atoms with E-state index in [4.69, 9.17) is 14.2 Å². The van der Waals surface area contributed by atoms with Gasteiger partial charge >= 0.3 is 24.3 Å². The van der Waals surface area contributed by atoms with Crippen molar-refractivity contribution in [2.24, 2.45) is 34.5 Å². The summed E-state index contributed by atoms with van der Waals surface area (Å²) in [4.78, 5) is 25.8. The summed E-state index contributed by atoms with van der Waals surface area (Å²) in [5, 5.41) is 12.4. The summed E-state index contributed by atoms with van der Waals surface area (Å²) in [6, 6.07) is 17.7. The van der Waals surface area contributed by atoms with Crippen LogP contribution in [0.25, 0.3) is 21.5 Å². The molecule has 0 aromatic heterocycles. The third kappa shape index (κ3) is 15.3. The number of carbonyl (C=O) groups is 2. The maximum absolute atomic E-state index is 14.2. The minimum atomic E-state index is -4.45. The van der Waals surface area contributed by atoms with Gasteiger partial charge in [-0.05, 0) is 195 Å². The largest absolute Gasteiger partial charge is 0.490 e. The van der Waals surface area contributed by atoms with E-state index in [0.29, 0.717) is 35.5 Å². The van der Waals surface area contributed by atoms with E-state index in [0.717, 1.165) is 84.4 Å². The number of methoxy groups -OCH3 is 1. The summed E-state index contributed by atoms with van der Waals surface area (Å²) in [5.74, 6) is 0.758. The Morgan fingerprint density at radius 2 is 0.836 bits per heavy atom. The van der Waals surface area contributed by atoms with Crippen LogP contribution in [0.5, 0.6) is 11.5 Å². The van der Waals surface area contributed by atoms with Crippen molar-refractivity contribution in [3.63, 3.8) is 0 Å². The highest BCUT2D eigenvalue weighted by Gasteiger charge is 2.47. The molecule has 8 nitrogen and oxygen atoms in total. The lowest BCUT2D eigenvalue weighted by atomic mass is 9.72. The van der Waals surface area contributed by atoms with Gasteiger partial charge in [-0.15, -0.1) is 0 Å². The molecule has 4 aromatic rings. The number of nitrogens with zero attached hydrogens (tertiary/aromatic N) is 2. The molecule has 2 atom stereocenters. The Bertz CT molecular complexity index is 2410. The minimum absolute atomic E-state index is 0. The fraction of sp³-hybridized carbons (Fsp3) is 0.627. The van der Waals surface area contributed by atoms with Crippen LogP contribution < -0.4 is 9.47 Å². The number of alkyl halides is 6. The second-order valence-electron chi connectivity index (χ2n) is 22.8. The first-order valence-corrected chi connectivity index (χ1v) is 25.7. The van der Waals surface area contributed by atoms with Crippen LogP contribution in [0.2, 0.25) is 0 Å². The number of esters is 1. The van der Waals surface area contributed by atoms with Crippen LogP contribution >= 0.6 is 0 Å². The summed E-state index contributed by atoms with van der Waals surface area (Å²) in [7, 11) is 1.32. The van der Waals surface area contributed by atoms with Crippen LogP contribution in [0.3, 0.4) is 0 Å². The first kappa shape index (κ1) is 59.3. The number of benzene rings is 4. The molecule has 8 rings (SSSR count). The highest BCUT2D eigenvalue weighted by Crippen LogP contribution is 2.44. The summed E-state index contributed by atoms with van der Waals surface area (Å²) >= 11 is 0. The molecule has 2 saturated carbocycles.